The lowest BCUT2D eigenvalue weighted by Gasteiger charge is -2.15. The molecule has 1 aromatic carbocycles. The number of halogens is 3. The second kappa shape index (κ2) is 6.53. The van der Waals surface area contributed by atoms with Crippen molar-refractivity contribution in [3.8, 4) is 0 Å². The van der Waals surface area contributed by atoms with Crippen molar-refractivity contribution in [3.63, 3.8) is 0 Å². The third-order valence-electron chi connectivity index (χ3n) is 2.49. The first-order chi connectivity index (χ1) is 8.80. The van der Waals surface area contributed by atoms with E-state index in [2.05, 4.69) is 5.32 Å². The van der Waals surface area contributed by atoms with Gasteiger partial charge in [0.05, 0.1) is 6.42 Å². The second-order valence-corrected chi connectivity index (χ2v) is 4.03. The van der Waals surface area contributed by atoms with E-state index < -0.39 is 24.8 Å². The van der Waals surface area contributed by atoms with Crippen LogP contribution in [0.2, 0.25) is 0 Å². The monoisotopic (exact) mass is 277 g/mol. The van der Waals surface area contributed by atoms with Crippen LogP contribution in [0.15, 0.2) is 24.3 Å². The Bertz CT molecular complexity index is 434. The molecule has 0 heterocycles. The number of alkyl halides is 3. The number of aliphatic hydroxyl groups is 1. The molecule has 0 aliphatic heterocycles. The fourth-order valence-electron chi connectivity index (χ4n) is 1.52. The van der Waals surface area contributed by atoms with Gasteiger partial charge in [0.1, 0.15) is 0 Å². The molecule has 0 spiro atoms. The van der Waals surface area contributed by atoms with Crippen LogP contribution in [0.1, 0.15) is 11.1 Å². The van der Waals surface area contributed by atoms with Crippen molar-refractivity contribution >= 4 is 5.97 Å². The van der Waals surface area contributed by atoms with Gasteiger partial charge >= 0.3 is 12.1 Å². The molecule has 4 nitrogen and oxygen atoms in total. The van der Waals surface area contributed by atoms with E-state index in [0.29, 0.717) is 11.1 Å². The number of hydrogen-bond donors (Lipinski definition) is 3. The molecule has 3 N–H and O–H groups in total. The van der Waals surface area contributed by atoms with E-state index in [-0.39, 0.29) is 13.0 Å². The number of carboxylic acid groups (broad SMARTS) is 1. The van der Waals surface area contributed by atoms with Crippen LogP contribution in [0.25, 0.3) is 0 Å². The van der Waals surface area contributed by atoms with Gasteiger partial charge in [0.25, 0.3) is 0 Å². The van der Waals surface area contributed by atoms with Crippen molar-refractivity contribution in [1.29, 1.82) is 0 Å². The van der Waals surface area contributed by atoms with Gasteiger partial charge in [-0.2, -0.15) is 13.2 Å². The first-order valence-corrected chi connectivity index (χ1v) is 5.54. The molecule has 1 unspecified atom stereocenters. The van der Waals surface area contributed by atoms with Crippen LogP contribution in [0.5, 0.6) is 0 Å². The second-order valence-electron chi connectivity index (χ2n) is 4.03. The SMILES string of the molecule is O=C(O)Cc1ccccc1CNCC(O)C(F)(F)F. The van der Waals surface area contributed by atoms with E-state index >= 15 is 0 Å². The van der Waals surface area contributed by atoms with Gasteiger partial charge in [0.15, 0.2) is 6.10 Å². The van der Waals surface area contributed by atoms with Gasteiger partial charge in [-0.15, -0.1) is 0 Å². The van der Waals surface area contributed by atoms with Gasteiger partial charge < -0.3 is 15.5 Å². The minimum atomic E-state index is -4.66. The molecule has 0 saturated carbocycles. The largest absolute Gasteiger partial charge is 0.481 e. The third-order valence-corrected chi connectivity index (χ3v) is 2.49. The lowest BCUT2D eigenvalue weighted by Crippen LogP contribution is -2.38. The summed E-state index contributed by atoms with van der Waals surface area (Å²) in [4.78, 5) is 10.6. The van der Waals surface area contributed by atoms with Crippen LogP contribution in [0.4, 0.5) is 13.2 Å². The Morgan fingerprint density at radius 3 is 2.37 bits per heavy atom. The van der Waals surface area contributed by atoms with Crippen molar-refractivity contribution in [2.24, 2.45) is 0 Å². The molecular weight excluding hydrogens is 263 g/mol. The van der Waals surface area contributed by atoms with E-state index in [4.69, 9.17) is 10.2 Å². The minimum Gasteiger partial charge on any atom is -0.481 e. The van der Waals surface area contributed by atoms with Gasteiger partial charge in [-0.3, -0.25) is 4.79 Å². The fraction of sp³-hybridized carbons (Fsp3) is 0.417. The van der Waals surface area contributed by atoms with Crippen LogP contribution in [-0.4, -0.2) is 35.0 Å². The number of carboxylic acids is 1. The van der Waals surface area contributed by atoms with Crippen LogP contribution in [-0.2, 0) is 17.8 Å². The van der Waals surface area contributed by atoms with Gasteiger partial charge in [-0.05, 0) is 11.1 Å². The number of benzene rings is 1. The number of carbonyl (C=O) groups is 1. The summed E-state index contributed by atoms with van der Waals surface area (Å²) in [5, 5.41) is 20.0. The van der Waals surface area contributed by atoms with Gasteiger partial charge in [0, 0.05) is 13.1 Å². The molecule has 0 saturated heterocycles. The molecule has 1 rings (SSSR count). The van der Waals surface area contributed by atoms with E-state index in [1.807, 2.05) is 0 Å². The number of aliphatic hydroxyl groups excluding tert-OH is 1. The zero-order chi connectivity index (χ0) is 14.5. The standard InChI is InChI=1S/C12H14F3NO3/c13-12(14,15)10(17)7-16-6-9-4-2-1-3-8(9)5-11(18)19/h1-4,10,16-17H,5-7H2,(H,18,19). The number of aliphatic carboxylic acids is 1. The number of nitrogens with one attached hydrogen (secondary N) is 1. The van der Waals surface area contributed by atoms with Crippen LogP contribution in [0.3, 0.4) is 0 Å². The molecule has 1 aromatic rings. The molecule has 0 bridgehead atoms. The maximum Gasteiger partial charge on any atom is 0.415 e. The normalized spacial score (nSPS) is 13.3. The summed E-state index contributed by atoms with van der Waals surface area (Å²) in [6.45, 7) is -0.568. The average Bonchev–Trinajstić information content (AvgIpc) is 2.29. The highest BCUT2D eigenvalue weighted by Gasteiger charge is 2.37. The topological polar surface area (TPSA) is 69.6 Å². The minimum absolute atomic E-state index is 0.0661. The Kier molecular flexibility index (Phi) is 5.31. The van der Waals surface area contributed by atoms with E-state index in [1.165, 1.54) is 0 Å². The third kappa shape index (κ3) is 5.27. The summed E-state index contributed by atoms with van der Waals surface area (Å²) in [5.41, 5.74) is 1.13. The Hall–Kier alpha value is -1.60. The van der Waals surface area contributed by atoms with Crippen molar-refractivity contribution in [1.82, 2.24) is 5.32 Å². The molecule has 106 valence electrons. The fourth-order valence-corrected chi connectivity index (χ4v) is 1.52. The number of hydrogen-bond acceptors (Lipinski definition) is 3. The quantitative estimate of drug-likeness (QED) is 0.733. The van der Waals surface area contributed by atoms with Gasteiger partial charge in [-0.1, -0.05) is 24.3 Å². The Morgan fingerprint density at radius 1 is 1.26 bits per heavy atom. The molecule has 0 amide bonds. The maximum absolute atomic E-state index is 12.1. The predicted molar refractivity (Wildman–Crippen MR) is 61.6 cm³/mol. The van der Waals surface area contributed by atoms with Gasteiger partial charge in [-0.25, -0.2) is 0 Å². The summed E-state index contributed by atoms with van der Waals surface area (Å²) in [6.07, 6.45) is -7.29. The maximum atomic E-state index is 12.1. The molecule has 0 fully saturated rings. The molecule has 0 aliphatic rings. The molecule has 1 atom stereocenters. The molecule has 0 aromatic heterocycles. The summed E-state index contributed by atoms with van der Waals surface area (Å²) in [6, 6.07) is 6.56. The first-order valence-electron chi connectivity index (χ1n) is 5.54. The zero-order valence-corrected chi connectivity index (χ0v) is 9.94. The molecule has 0 aliphatic carbocycles. The van der Waals surface area contributed by atoms with Crippen LogP contribution >= 0.6 is 0 Å². The zero-order valence-electron chi connectivity index (χ0n) is 9.94. The molecule has 19 heavy (non-hydrogen) atoms. The summed E-state index contributed by atoms with van der Waals surface area (Å²) >= 11 is 0. The van der Waals surface area contributed by atoms with Crippen molar-refractivity contribution in [2.75, 3.05) is 6.54 Å². The summed E-state index contributed by atoms with van der Waals surface area (Å²) in [7, 11) is 0. The van der Waals surface area contributed by atoms with Crippen molar-refractivity contribution < 1.29 is 28.2 Å². The lowest BCUT2D eigenvalue weighted by molar-refractivity contribution is -0.201. The Labute approximate surface area is 107 Å². The van der Waals surface area contributed by atoms with E-state index in [1.54, 1.807) is 24.3 Å². The lowest BCUT2D eigenvalue weighted by atomic mass is 10.0. The van der Waals surface area contributed by atoms with Gasteiger partial charge in [0.2, 0.25) is 0 Å². The molecule has 0 radical (unpaired) electrons. The van der Waals surface area contributed by atoms with Crippen molar-refractivity contribution in [2.45, 2.75) is 25.2 Å². The highest BCUT2D eigenvalue weighted by molar-refractivity contribution is 5.70. The predicted octanol–water partition coefficient (Wildman–Crippen LogP) is 1.33. The first kappa shape index (κ1) is 15.5. The summed E-state index contributed by atoms with van der Waals surface area (Å²) in [5.74, 6) is -1.01. The smallest absolute Gasteiger partial charge is 0.415 e. The Balaban J connectivity index is 2.56. The van der Waals surface area contributed by atoms with Crippen LogP contribution in [0, 0.1) is 0 Å². The molecule has 7 heteroatoms. The highest BCUT2D eigenvalue weighted by Crippen LogP contribution is 2.19. The molecular formula is C12H14F3NO3. The van der Waals surface area contributed by atoms with E-state index in [0.717, 1.165) is 0 Å². The summed E-state index contributed by atoms with van der Waals surface area (Å²) < 4.78 is 36.2. The average molecular weight is 277 g/mol. The Morgan fingerprint density at radius 2 is 1.84 bits per heavy atom. The van der Waals surface area contributed by atoms with E-state index in [9.17, 15) is 18.0 Å². The number of rotatable bonds is 6. The highest BCUT2D eigenvalue weighted by atomic mass is 19.4. The van der Waals surface area contributed by atoms with Crippen LogP contribution < -0.4 is 5.32 Å². The van der Waals surface area contributed by atoms with Crippen molar-refractivity contribution in [3.05, 3.63) is 35.4 Å².